The molecular formula is C14H10N4O4S2. The van der Waals surface area contributed by atoms with E-state index >= 15 is 0 Å². The van der Waals surface area contributed by atoms with E-state index in [1.807, 2.05) is 6.07 Å². The highest BCUT2D eigenvalue weighted by Crippen LogP contribution is 2.39. The van der Waals surface area contributed by atoms with Crippen LogP contribution in [-0.4, -0.2) is 26.9 Å². The first-order valence-corrected chi connectivity index (χ1v) is 8.43. The first-order valence-electron chi connectivity index (χ1n) is 6.63. The molecule has 3 N–H and O–H groups in total. The van der Waals surface area contributed by atoms with Crippen molar-refractivity contribution in [3.05, 3.63) is 33.7 Å². The highest BCUT2D eigenvalue weighted by Gasteiger charge is 2.18. The number of anilines is 1. The van der Waals surface area contributed by atoms with Crippen molar-refractivity contribution in [1.29, 1.82) is 5.26 Å². The van der Waals surface area contributed by atoms with Gasteiger partial charge in [-0.1, -0.05) is 5.16 Å². The Balaban J connectivity index is 1.80. The topological polar surface area (TPSA) is 132 Å². The third-order valence-corrected chi connectivity index (χ3v) is 5.44. The van der Waals surface area contributed by atoms with Crippen LogP contribution in [0.2, 0.25) is 0 Å². The average Bonchev–Trinajstić information content (AvgIpc) is 3.08. The van der Waals surface area contributed by atoms with Gasteiger partial charge in [0.15, 0.2) is 0 Å². The number of aryl methyl sites for hydroxylation is 1. The molecule has 0 saturated carbocycles. The van der Waals surface area contributed by atoms with Crippen LogP contribution in [0.25, 0.3) is 10.2 Å². The van der Waals surface area contributed by atoms with Gasteiger partial charge in [0.05, 0.1) is 25.9 Å². The molecule has 8 nitrogen and oxygen atoms in total. The number of aromatic hydroxyl groups is 1. The van der Waals surface area contributed by atoms with Gasteiger partial charge >= 0.3 is 0 Å². The molecule has 0 saturated heterocycles. The average molecular weight is 362 g/mol. The molecule has 0 aliphatic carbocycles. The molecule has 1 amide bonds. The number of amides is 1. The van der Waals surface area contributed by atoms with E-state index in [2.05, 4.69) is 15.5 Å². The Labute approximate surface area is 143 Å². The maximum atomic E-state index is 11.9. The number of nitrogens with one attached hydrogen (secondary N) is 2. The van der Waals surface area contributed by atoms with E-state index in [1.54, 1.807) is 13.0 Å². The molecule has 3 heterocycles. The Morgan fingerprint density at radius 2 is 2.38 bits per heavy atom. The first-order chi connectivity index (χ1) is 11.5. The van der Waals surface area contributed by atoms with Crippen LogP contribution in [0.1, 0.15) is 11.3 Å². The van der Waals surface area contributed by atoms with Crippen LogP contribution in [-0.2, 0) is 4.79 Å². The number of rotatable bonds is 4. The Hall–Kier alpha value is -2.77. The van der Waals surface area contributed by atoms with E-state index in [9.17, 15) is 20.0 Å². The fraction of sp³-hybridized carbons (Fsp3) is 0.143. The van der Waals surface area contributed by atoms with Crippen LogP contribution in [0, 0.1) is 18.3 Å². The maximum absolute atomic E-state index is 11.9. The van der Waals surface area contributed by atoms with Gasteiger partial charge in [-0.3, -0.25) is 14.9 Å². The lowest BCUT2D eigenvalue weighted by atomic mass is 10.3. The summed E-state index contributed by atoms with van der Waals surface area (Å²) in [5, 5.41) is 25.4. The number of thioether (sulfide) groups is 1. The predicted octanol–water partition coefficient (Wildman–Crippen LogP) is 2.19. The molecule has 0 aliphatic rings. The molecule has 3 aromatic heterocycles. The number of aromatic amines is 1. The number of thiophene rings is 1. The molecule has 0 fully saturated rings. The molecule has 3 rings (SSSR count). The van der Waals surface area contributed by atoms with E-state index in [1.165, 1.54) is 0 Å². The molecule has 24 heavy (non-hydrogen) atoms. The number of nitriles is 1. The van der Waals surface area contributed by atoms with Gasteiger partial charge in [-0.15, -0.1) is 23.1 Å². The van der Waals surface area contributed by atoms with Crippen LogP contribution in [0.15, 0.2) is 25.7 Å². The van der Waals surface area contributed by atoms with Crippen molar-refractivity contribution in [1.82, 2.24) is 10.1 Å². The van der Waals surface area contributed by atoms with Crippen molar-refractivity contribution in [3.63, 3.8) is 0 Å². The van der Waals surface area contributed by atoms with Crippen molar-refractivity contribution >= 4 is 45.1 Å². The summed E-state index contributed by atoms with van der Waals surface area (Å²) >= 11 is 2.28. The third-order valence-electron chi connectivity index (χ3n) is 2.96. The zero-order valence-corrected chi connectivity index (χ0v) is 13.9. The standard InChI is InChI=1S/C14H10N4O4S2/c1-6-2-11(22-18-6)16-10(21)5-23-14-7(4-15)12-13(24-14)8(19)3-9(20)17-12/h2-3H,5H2,1H3,(H,16,21)(H2,17,19,20). The van der Waals surface area contributed by atoms with Gasteiger partial charge in [0.1, 0.15) is 17.4 Å². The van der Waals surface area contributed by atoms with E-state index in [0.29, 0.717) is 14.6 Å². The van der Waals surface area contributed by atoms with Gasteiger partial charge in [-0.05, 0) is 6.92 Å². The van der Waals surface area contributed by atoms with Crippen molar-refractivity contribution in [3.8, 4) is 11.8 Å². The summed E-state index contributed by atoms with van der Waals surface area (Å²) in [7, 11) is 0. The molecule has 0 aromatic carbocycles. The number of fused-ring (bicyclic) bond motifs is 1. The lowest BCUT2D eigenvalue weighted by molar-refractivity contribution is -0.113. The number of pyridine rings is 1. The number of carbonyl (C=O) groups excluding carboxylic acids is 1. The van der Waals surface area contributed by atoms with Crippen LogP contribution in [0.5, 0.6) is 5.75 Å². The van der Waals surface area contributed by atoms with E-state index in [-0.39, 0.29) is 34.4 Å². The molecule has 0 bridgehead atoms. The lowest BCUT2D eigenvalue weighted by Gasteiger charge is -2.00. The summed E-state index contributed by atoms with van der Waals surface area (Å²) in [6.07, 6.45) is 0. The van der Waals surface area contributed by atoms with Crippen molar-refractivity contribution in [2.24, 2.45) is 0 Å². The quantitative estimate of drug-likeness (QED) is 0.606. The molecule has 0 atom stereocenters. The Morgan fingerprint density at radius 3 is 3.04 bits per heavy atom. The zero-order chi connectivity index (χ0) is 17.3. The third kappa shape index (κ3) is 3.12. The van der Waals surface area contributed by atoms with Crippen molar-refractivity contribution in [2.75, 3.05) is 11.1 Å². The molecule has 0 aliphatic heterocycles. The van der Waals surface area contributed by atoms with Gasteiger partial charge in [0, 0.05) is 12.1 Å². The highest BCUT2D eigenvalue weighted by molar-refractivity contribution is 8.02. The van der Waals surface area contributed by atoms with Gasteiger partial charge in [0.2, 0.25) is 11.8 Å². The van der Waals surface area contributed by atoms with Crippen LogP contribution >= 0.6 is 23.1 Å². The number of aromatic nitrogens is 2. The second-order valence-corrected chi connectivity index (χ2v) is 7.03. The normalized spacial score (nSPS) is 10.7. The summed E-state index contributed by atoms with van der Waals surface area (Å²) in [5.74, 6) is -0.234. The molecular weight excluding hydrogens is 352 g/mol. The van der Waals surface area contributed by atoms with Crippen LogP contribution < -0.4 is 10.9 Å². The molecule has 10 heteroatoms. The fourth-order valence-corrected chi connectivity index (χ4v) is 4.13. The number of nitrogens with zero attached hydrogens (tertiary/aromatic N) is 2. The van der Waals surface area contributed by atoms with Crippen LogP contribution in [0.3, 0.4) is 0 Å². The monoisotopic (exact) mass is 362 g/mol. The fourth-order valence-electron chi connectivity index (χ4n) is 1.99. The Bertz CT molecular complexity index is 1030. The minimum Gasteiger partial charge on any atom is -0.506 e. The summed E-state index contributed by atoms with van der Waals surface area (Å²) in [6.45, 7) is 1.73. The summed E-state index contributed by atoms with van der Waals surface area (Å²) < 4.78 is 5.83. The second-order valence-electron chi connectivity index (χ2n) is 4.77. The Kier molecular flexibility index (Phi) is 4.28. The van der Waals surface area contributed by atoms with Crippen molar-refractivity contribution < 1.29 is 14.4 Å². The SMILES string of the molecule is Cc1cc(NC(=O)CSc2sc3c(O)cc(=O)[nH]c3c2C#N)on1. The largest absolute Gasteiger partial charge is 0.506 e. The minimum atomic E-state index is -0.496. The molecule has 0 radical (unpaired) electrons. The van der Waals surface area contributed by atoms with Gasteiger partial charge in [0.25, 0.3) is 5.56 Å². The summed E-state index contributed by atoms with van der Waals surface area (Å²) in [6, 6.07) is 4.64. The number of H-pyrrole nitrogens is 1. The summed E-state index contributed by atoms with van der Waals surface area (Å²) in [5.41, 5.74) is 0.663. The van der Waals surface area contributed by atoms with Gasteiger partial charge in [-0.25, -0.2) is 0 Å². The lowest BCUT2D eigenvalue weighted by Crippen LogP contribution is -2.13. The highest BCUT2D eigenvalue weighted by atomic mass is 32.2. The maximum Gasteiger partial charge on any atom is 0.252 e. The smallest absolute Gasteiger partial charge is 0.252 e. The van der Waals surface area contributed by atoms with E-state index in [0.717, 1.165) is 29.2 Å². The van der Waals surface area contributed by atoms with Gasteiger partial charge in [-0.2, -0.15) is 5.26 Å². The van der Waals surface area contributed by atoms with Crippen LogP contribution in [0.4, 0.5) is 5.88 Å². The molecule has 122 valence electrons. The van der Waals surface area contributed by atoms with E-state index < -0.39 is 5.56 Å². The van der Waals surface area contributed by atoms with Gasteiger partial charge < -0.3 is 14.6 Å². The first kappa shape index (κ1) is 16.1. The summed E-state index contributed by atoms with van der Waals surface area (Å²) in [4.78, 5) is 25.9. The molecule has 0 spiro atoms. The molecule has 0 unspecified atom stereocenters. The van der Waals surface area contributed by atoms with E-state index in [4.69, 9.17) is 4.52 Å². The number of carbonyl (C=O) groups is 1. The number of hydrogen-bond acceptors (Lipinski definition) is 8. The number of hydrogen-bond donors (Lipinski definition) is 3. The predicted molar refractivity (Wildman–Crippen MR) is 89.4 cm³/mol. The minimum absolute atomic E-state index is 0.0340. The molecule has 3 aromatic rings. The second kappa shape index (κ2) is 6.38. The zero-order valence-electron chi connectivity index (χ0n) is 12.2. The Morgan fingerprint density at radius 1 is 1.58 bits per heavy atom. The van der Waals surface area contributed by atoms with Crippen molar-refractivity contribution in [2.45, 2.75) is 11.1 Å².